The average molecular weight is 280 g/mol. The van der Waals surface area contributed by atoms with E-state index in [2.05, 4.69) is 4.90 Å². The second-order valence-corrected chi connectivity index (χ2v) is 6.82. The molecule has 0 bridgehead atoms. The van der Waals surface area contributed by atoms with Crippen LogP contribution in [0.15, 0.2) is 0 Å². The summed E-state index contributed by atoms with van der Waals surface area (Å²) in [4.78, 5) is 24.7. The monoisotopic (exact) mass is 280 g/mol. The zero-order chi connectivity index (χ0) is 14.6. The van der Waals surface area contributed by atoms with Gasteiger partial charge in [0.05, 0.1) is 0 Å². The molecular formula is C16H28N2O2. The van der Waals surface area contributed by atoms with Gasteiger partial charge in [0.1, 0.15) is 5.78 Å². The molecule has 4 nitrogen and oxygen atoms in total. The standard InChI is InChI=1S/C16H28N2O2/c1-13(19)3-2-10-18-11-8-16(9-12-18)6-4-14(5-7-16)15(17)20/h14H,2-12H2,1H3,(H2,17,20). The molecule has 20 heavy (non-hydrogen) atoms. The van der Waals surface area contributed by atoms with Gasteiger partial charge in [-0.05, 0) is 76.9 Å². The van der Waals surface area contributed by atoms with Crippen molar-refractivity contribution in [2.24, 2.45) is 17.1 Å². The van der Waals surface area contributed by atoms with E-state index < -0.39 is 0 Å². The van der Waals surface area contributed by atoms with Crippen molar-refractivity contribution in [2.75, 3.05) is 19.6 Å². The Morgan fingerprint density at radius 2 is 1.75 bits per heavy atom. The fourth-order valence-corrected chi connectivity index (χ4v) is 3.82. The van der Waals surface area contributed by atoms with Crippen LogP contribution in [0.2, 0.25) is 0 Å². The van der Waals surface area contributed by atoms with Crippen LogP contribution >= 0.6 is 0 Å². The predicted molar refractivity (Wildman–Crippen MR) is 79.2 cm³/mol. The molecule has 1 amide bonds. The SMILES string of the molecule is CC(=O)CCCN1CCC2(CCC(C(N)=O)CC2)CC1. The molecule has 0 aromatic heterocycles. The first-order valence-corrected chi connectivity index (χ1v) is 8.02. The van der Waals surface area contributed by atoms with E-state index in [4.69, 9.17) is 5.73 Å². The van der Waals surface area contributed by atoms with Crippen LogP contribution in [-0.4, -0.2) is 36.2 Å². The molecule has 1 saturated carbocycles. The molecule has 1 saturated heterocycles. The van der Waals surface area contributed by atoms with Gasteiger partial charge in [-0.15, -0.1) is 0 Å². The number of hydrogen-bond acceptors (Lipinski definition) is 3. The fourth-order valence-electron chi connectivity index (χ4n) is 3.82. The summed E-state index contributed by atoms with van der Waals surface area (Å²) in [6.07, 6.45) is 8.51. The van der Waals surface area contributed by atoms with E-state index in [-0.39, 0.29) is 11.8 Å². The number of amides is 1. The summed E-state index contributed by atoms with van der Waals surface area (Å²) in [5.74, 6) is 0.305. The summed E-state index contributed by atoms with van der Waals surface area (Å²) >= 11 is 0. The van der Waals surface area contributed by atoms with Gasteiger partial charge in [0.2, 0.25) is 5.91 Å². The number of ketones is 1. The van der Waals surface area contributed by atoms with Gasteiger partial charge in [0.15, 0.2) is 0 Å². The maximum absolute atomic E-state index is 11.2. The smallest absolute Gasteiger partial charge is 0.220 e. The number of hydrogen-bond donors (Lipinski definition) is 1. The number of primary amides is 1. The van der Waals surface area contributed by atoms with Crippen LogP contribution in [0.4, 0.5) is 0 Å². The number of piperidine rings is 1. The Labute approximate surface area is 122 Å². The number of likely N-dealkylation sites (tertiary alicyclic amines) is 1. The Hall–Kier alpha value is -0.900. The molecule has 1 aliphatic carbocycles. The van der Waals surface area contributed by atoms with Crippen LogP contribution in [0.5, 0.6) is 0 Å². The van der Waals surface area contributed by atoms with Crippen LogP contribution < -0.4 is 5.73 Å². The number of nitrogens with two attached hydrogens (primary N) is 1. The Bertz CT molecular complexity index is 349. The highest BCUT2D eigenvalue weighted by Crippen LogP contribution is 2.46. The highest BCUT2D eigenvalue weighted by atomic mass is 16.1. The first-order valence-electron chi connectivity index (χ1n) is 8.02. The Kier molecular flexibility index (Phi) is 5.19. The Balaban J connectivity index is 1.71. The third-order valence-electron chi connectivity index (χ3n) is 5.37. The molecule has 0 radical (unpaired) electrons. The molecule has 0 atom stereocenters. The van der Waals surface area contributed by atoms with Crippen LogP contribution in [0.3, 0.4) is 0 Å². The molecule has 2 N–H and O–H groups in total. The maximum Gasteiger partial charge on any atom is 0.220 e. The minimum absolute atomic E-state index is 0.110. The lowest BCUT2D eigenvalue weighted by Crippen LogP contribution is -2.43. The van der Waals surface area contributed by atoms with E-state index >= 15 is 0 Å². The van der Waals surface area contributed by atoms with Crippen LogP contribution in [0, 0.1) is 11.3 Å². The summed E-state index contributed by atoms with van der Waals surface area (Å²) in [7, 11) is 0. The first-order chi connectivity index (χ1) is 9.51. The van der Waals surface area contributed by atoms with Crippen LogP contribution in [0.1, 0.15) is 58.3 Å². The van der Waals surface area contributed by atoms with Gasteiger partial charge in [-0.2, -0.15) is 0 Å². The molecule has 1 aliphatic heterocycles. The lowest BCUT2D eigenvalue weighted by molar-refractivity contribution is -0.124. The number of nitrogens with zero attached hydrogens (tertiary/aromatic N) is 1. The number of Topliss-reactive ketones (excluding diaryl/α,β-unsaturated/α-hetero) is 1. The van der Waals surface area contributed by atoms with Crippen molar-refractivity contribution in [1.82, 2.24) is 4.90 Å². The lowest BCUT2D eigenvalue weighted by atomic mass is 9.65. The summed E-state index contributed by atoms with van der Waals surface area (Å²) in [6.45, 7) is 5.03. The molecule has 114 valence electrons. The largest absolute Gasteiger partial charge is 0.369 e. The minimum atomic E-state index is -0.110. The average Bonchev–Trinajstić information content (AvgIpc) is 2.41. The van der Waals surface area contributed by atoms with E-state index in [0.717, 1.165) is 38.9 Å². The Morgan fingerprint density at radius 3 is 2.25 bits per heavy atom. The van der Waals surface area contributed by atoms with Crippen molar-refractivity contribution in [3.05, 3.63) is 0 Å². The quantitative estimate of drug-likeness (QED) is 0.839. The summed E-state index contributed by atoms with van der Waals surface area (Å²) in [6, 6.07) is 0. The zero-order valence-electron chi connectivity index (χ0n) is 12.7. The van der Waals surface area contributed by atoms with Crippen LogP contribution in [0.25, 0.3) is 0 Å². The van der Waals surface area contributed by atoms with E-state index in [0.29, 0.717) is 17.6 Å². The molecule has 0 unspecified atom stereocenters. The van der Waals surface area contributed by atoms with E-state index in [1.165, 1.54) is 25.7 Å². The Morgan fingerprint density at radius 1 is 1.15 bits per heavy atom. The van der Waals surface area contributed by atoms with Gasteiger partial charge < -0.3 is 15.4 Å². The van der Waals surface area contributed by atoms with E-state index in [1.54, 1.807) is 6.92 Å². The van der Waals surface area contributed by atoms with Crippen molar-refractivity contribution in [2.45, 2.75) is 58.3 Å². The van der Waals surface area contributed by atoms with E-state index in [1.807, 2.05) is 0 Å². The number of rotatable bonds is 5. The van der Waals surface area contributed by atoms with E-state index in [9.17, 15) is 9.59 Å². The molecule has 0 aromatic rings. The highest BCUT2D eigenvalue weighted by molar-refractivity contribution is 5.76. The van der Waals surface area contributed by atoms with Crippen LogP contribution in [-0.2, 0) is 9.59 Å². The molecule has 2 fully saturated rings. The lowest BCUT2D eigenvalue weighted by Gasteiger charge is -2.45. The fraction of sp³-hybridized carbons (Fsp3) is 0.875. The van der Waals surface area contributed by atoms with Gasteiger partial charge >= 0.3 is 0 Å². The second-order valence-electron chi connectivity index (χ2n) is 6.82. The van der Waals surface area contributed by atoms with Crippen molar-refractivity contribution in [3.63, 3.8) is 0 Å². The second kappa shape index (κ2) is 6.70. The normalized spacial score (nSPS) is 23.9. The predicted octanol–water partition coefficient (Wildman–Crippen LogP) is 2.11. The number of carbonyl (C=O) groups is 2. The van der Waals surface area contributed by atoms with Crippen molar-refractivity contribution < 1.29 is 9.59 Å². The third kappa shape index (κ3) is 4.05. The van der Waals surface area contributed by atoms with Gasteiger partial charge in [-0.1, -0.05) is 0 Å². The van der Waals surface area contributed by atoms with Gasteiger partial charge in [-0.25, -0.2) is 0 Å². The maximum atomic E-state index is 11.2. The molecule has 2 aliphatic rings. The highest BCUT2D eigenvalue weighted by Gasteiger charge is 2.38. The molecule has 2 rings (SSSR count). The molecule has 1 spiro atoms. The summed E-state index contributed by atoms with van der Waals surface area (Å²) < 4.78 is 0. The van der Waals surface area contributed by atoms with Crippen molar-refractivity contribution in [3.8, 4) is 0 Å². The molecule has 4 heteroatoms. The van der Waals surface area contributed by atoms with Crippen molar-refractivity contribution in [1.29, 1.82) is 0 Å². The minimum Gasteiger partial charge on any atom is -0.369 e. The topological polar surface area (TPSA) is 63.4 Å². The third-order valence-corrected chi connectivity index (χ3v) is 5.37. The number of carbonyl (C=O) groups excluding carboxylic acids is 2. The van der Waals surface area contributed by atoms with Gasteiger partial charge in [-0.3, -0.25) is 4.79 Å². The summed E-state index contributed by atoms with van der Waals surface area (Å²) in [5, 5.41) is 0. The zero-order valence-corrected chi connectivity index (χ0v) is 12.7. The summed E-state index contributed by atoms with van der Waals surface area (Å²) in [5.41, 5.74) is 5.89. The molecule has 1 heterocycles. The molecular weight excluding hydrogens is 252 g/mol. The first kappa shape index (κ1) is 15.5. The van der Waals surface area contributed by atoms with Gasteiger partial charge in [0, 0.05) is 12.3 Å². The van der Waals surface area contributed by atoms with Crippen molar-refractivity contribution >= 4 is 11.7 Å². The molecule has 0 aromatic carbocycles. The van der Waals surface area contributed by atoms with Gasteiger partial charge in [0.25, 0.3) is 0 Å².